The minimum atomic E-state index is -0.833. The van der Waals surface area contributed by atoms with Crippen LogP contribution in [0.25, 0.3) is 0 Å². The normalized spacial score (nSPS) is 9.88. The number of hydrogen-bond donors (Lipinski definition) is 1. The SMILES string of the molecule is COc1cccc(OCCCC(=O)O)c1Cl. The topological polar surface area (TPSA) is 55.8 Å². The van der Waals surface area contributed by atoms with E-state index in [0.29, 0.717) is 29.5 Å². The number of carboxylic acids is 1. The van der Waals surface area contributed by atoms with Gasteiger partial charge in [-0.25, -0.2) is 0 Å². The molecule has 0 aliphatic heterocycles. The number of hydrogen-bond acceptors (Lipinski definition) is 3. The molecule has 0 aromatic heterocycles. The van der Waals surface area contributed by atoms with Crippen LogP contribution in [-0.4, -0.2) is 24.8 Å². The van der Waals surface area contributed by atoms with Crippen molar-refractivity contribution in [1.29, 1.82) is 0 Å². The lowest BCUT2D eigenvalue weighted by atomic mass is 10.3. The Labute approximate surface area is 98.7 Å². The first-order chi connectivity index (χ1) is 7.65. The standard InChI is InChI=1S/C11H13ClO4/c1-15-8-4-2-5-9(11(8)12)16-7-3-6-10(13)14/h2,4-5H,3,6-7H2,1H3,(H,13,14). The monoisotopic (exact) mass is 244 g/mol. The number of rotatable bonds is 6. The second kappa shape index (κ2) is 6.23. The van der Waals surface area contributed by atoms with Crippen molar-refractivity contribution in [3.63, 3.8) is 0 Å². The molecular weight excluding hydrogens is 232 g/mol. The first-order valence-corrected chi connectivity index (χ1v) is 5.20. The molecule has 88 valence electrons. The zero-order valence-corrected chi connectivity index (χ0v) is 9.66. The third kappa shape index (κ3) is 3.62. The maximum absolute atomic E-state index is 10.3. The van der Waals surface area contributed by atoms with Crippen LogP contribution >= 0.6 is 11.6 Å². The number of methoxy groups -OCH3 is 1. The third-order valence-corrected chi connectivity index (χ3v) is 2.31. The zero-order valence-electron chi connectivity index (χ0n) is 8.90. The van der Waals surface area contributed by atoms with Crippen LogP contribution in [0.4, 0.5) is 0 Å². The molecule has 1 aromatic carbocycles. The molecule has 16 heavy (non-hydrogen) atoms. The van der Waals surface area contributed by atoms with Gasteiger partial charge in [0.2, 0.25) is 0 Å². The molecule has 0 spiro atoms. The van der Waals surface area contributed by atoms with Gasteiger partial charge in [0, 0.05) is 6.42 Å². The van der Waals surface area contributed by atoms with Gasteiger partial charge in [0.25, 0.3) is 0 Å². The van der Waals surface area contributed by atoms with Gasteiger partial charge in [0.05, 0.1) is 13.7 Å². The Morgan fingerprint density at radius 1 is 1.44 bits per heavy atom. The minimum Gasteiger partial charge on any atom is -0.495 e. The molecular formula is C11H13ClO4. The molecule has 4 nitrogen and oxygen atoms in total. The Morgan fingerprint density at radius 3 is 2.75 bits per heavy atom. The molecule has 0 heterocycles. The van der Waals surface area contributed by atoms with E-state index in [1.54, 1.807) is 18.2 Å². The lowest BCUT2D eigenvalue weighted by molar-refractivity contribution is -0.137. The van der Waals surface area contributed by atoms with Crippen molar-refractivity contribution in [2.75, 3.05) is 13.7 Å². The van der Waals surface area contributed by atoms with Crippen LogP contribution in [0.3, 0.4) is 0 Å². The summed E-state index contributed by atoms with van der Waals surface area (Å²) in [4.78, 5) is 10.3. The fourth-order valence-electron chi connectivity index (χ4n) is 1.17. The average molecular weight is 245 g/mol. The fraction of sp³-hybridized carbons (Fsp3) is 0.364. The van der Waals surface area contributed by atoms with Crippen molar-refractivity contribution in [3.05, 3.63) is 23.2 Å². The Morgan fingerprint density at radius 2 is 2.12 bits per heavy atom. The van der Waals surface area contributed by atoms with E-state index in [-0.39, 0.29) is 6.42 Å². The number of aliphatic carboxylic acids is 1. The van der Waals surface area contributed by atoms with E-state index in [4.69, 9.17) is 26.2 Å². The van der Waals surface area contributed by atoms with Crippen LogP contribution in [0, 0.1) is 0 Å². The molecule has 0 fully saturated rings. The van der Waals surface area contributed by atoms with Crippen LogP contribution in [0.1, 0.15) is 12.8 Å². The quantitative estimate of drug-likeness (QED) is 0.782. The number of carboxylic acid groups (broad SMARTS) is 1. The predicted molar refractivity (Wildman–Crippen MR) is 60.4 cm³/mol. The lowest BCUT2D eigenvalue weighted by Gasteiger charge is -2.09. The Hall–Kier alpha value is -1.42. The van der Waals surface area contributed by atoms with Crippen molar-refractivity contribution in [2.24, 2.45) is 0 Å². The highest BCUT2D eigenvalue weighted by Gasteiger charge is 2.07. The van der Waals surface area contributed by atoms with Crippen LogP contribution < -0.4 is 9.47 Å². The van der Waals surface area contributed by atoms with Crippen LogP contribution in [0.15, 0.2) is 18.2 Å². The largest absolute Gasteiger partial charge is 0.495 e. The molecule has 0 saturated heterocycles. The third-order valence-electron chi connectivity index (χ3n) is 1.94. The van der Waals surface area contributed by atoms with Crippen molar-refractivity contribution in [1.82, 2.24) is 0 Å². The van der Waals surface area contributed by atoms with Gasteiger partial charge in [-0.15, -0.1) is 0 Å². The minimum absolute atomic E-state index is 0.0849. The summed E-state index contributed by atoms with van der Waals surface area (Å²) in [6.07, 6.45) is 0.532. The smallest absolute Gasteiger partial charge is 0.303 e. The Balaban J connectivity index is 2.50. The molecule has 0 aliphatic rings. The summed E-state index contributed by atoms with van der Waals surface area (Å²) in [6.45, 7) is 0.319. The van der Waals surface area contributed by atoms with Gasteiger partial charge in [0.15, 0.2) is 0 Å². The molecule has 0 radical (unpaired) electrons. The molecule has 5 heteroatoms. The Kier molecular flexibility index (Phi) is 4.92. The van der Waals surface area contributed by atoms with Gasteiger partial charge in [-0.05, 0) is 18.6 Å². The summed E-state index contributed by atoms with van der Waals surface area (Å²) in [5.74, 6) is 0.212. The highest BCUT2D eigenvalue weighted by atomic mass is 35.5. The van der Waals surface area contributed by atoms with Gasteiger partial charge in [-0.3, -0.25) is 4.79 Å². The van der Waals surface area contributed by atoms with Gasteiger partial charge >= 0.3 is 5.97 Å². The van der Waals surface area contributed by atoms with Crippen molar-refractivity contribution in [3.8, 4) is 11.5 Å². The van der Waals surface area contributed by atoms with Gasteiger partial charge < -0.3 is 14.6 Å². The lowest BCUT2D eigenvalue weighted by Crippen LogP contribution is -2.02. The summed E-state index contributed by atoms with van der Waals surface area (Å²) >= 11 is 5.98. The molecule has 0 aliphatic carbocycles. The average Bonchev–Trinajstić information content (AvgIpc) is 2.26. The number of ether oxygens (including phenoxy) is 2. The van der Waals surface area contributed by atoms with Gasteiger partial charge in [0.1, 0.15) is 16.5 Å². The van der Waals surface area contributed by atoms with Crippen molar-refractivity contribution < 1.29 is 19.4 Å². The highest BCUT2D eigenvalue weighted by Crippen LogP contribution is 2.33. The fourth-order valence-corrected chi connectivity index (χ4v) is 1.42. The van der Waals surface area contributed by atoms with Gasteiger partial charge in [-0.2, -0.15) is 0 Å². The highest BCUT2D eigenvalue weighted by molar-refractivity contribution is 6.33. The molecule has 0 unspecified atom stereocenters. The van der Waals surface area contributed by atoms with E-state index in [2.05, 4.69) is 0 Å². The van der Waals surface area contributed by atoms with E-state index < -0.39 is 5.97 Å². The molecule has 0 amide bonds. The first kappa shape index (κ1) is 12.6. The molecule has 0 bridgehead atoms. The van der Waals surface area contributed by atoms with Crippen molar-refractivity contribution in [2.45, 2.75) is 12.8 Å². The predicted octanol–water partition coefficient (Wildman–Crippen LogP) is 2.59. The maximum Gasteiger partial charge on any atom is 0.303 e. The summed E-state index contributed by atoms with van der Waals surface area (Å²) in [7, 11) is 1.52. The summed E-state index contributed by atoms with van der Waals surface area (Å²) in [5.41, 5.74) is 0. The number of benzene rings is 1. The van der Waals surface area contributed by atoms with Gasteiger partial charge in [-0.1, -0.05) is 17.7 Å². The summed E-state index contributed by atoms with van der Waals surface area (Å²) in [5, 5.41) is 8.85. The first-order valence-electron chi connectivity index (χ1n) is 4.82. The van der Waals surface area contributed by atoms with E-state index in [0.717, 1.165) is 0 Å². The van der Waals surface area contributed by atoms with Crippen LogP contribution in [0.2, 0.25) is 5.02 Å². The number of carbonyl (C=O) groups is 1. The van der Waals surface area contributed by atoms with E-state index >= 15 is 0 Å². The van der Waals surface area contributed by atoms with E-state index in [1.165, 1.54) is 7.11 Å². The molecule has 0 atom stereocenters. The second-order valence-electron chi connectivity index (χ2n) is 3.12. The van der Waals surface area contributed by atoms with E-state index in [9.17, 15) is 4.79 Å². The second-order valence-corrected chi connectivity index (χ2v) is 3.50. The molecule has 1 rings (SSSR count). The maximum atomic E-state index is 10.3. The summed E-state index contributed by atoms with van der Waals surface area (Å²) < 4.78 is 10.4. The van der Waals surface area contributed by atoms with E-state index in [1.807, 2.05) is 0 Å². The summed E-state index contributed by atoms with van der Waals surface area (Å²) in [6, 6.07) is 5.20. The molecule has 0 saturated carbocycles. The van der Waals surface area contributed by atoms with Crippen molar-refractivity contribution >= 4 is 17.6 Å². The number of halogens is 1. The van der Waals surface area contributed by atoms with Crippen LogP contribution in [-0.2, 0) is 4.79 Å². The molecule has 1 N–H and O–H groups in total. The molecule has 1 aromatic rings. The van der Waals surface area contributed by atoms with Crippen LogP contribution in [0.5, 0.6) is 11.5 Å². The Bertz CT molecular complexity index is 365. The zero-order chi connectivity index (χ0) is 12.0.